The fourth-order valence-corrected chi connectivity index (χ4v) is 2.02. The molecule has 96 valence electrons. The van der Waals surface area contributed by atoms with E-state index in [0.29, 0.717) is 18.7 Å². The molecule has 1 amide bonds. The van der Waals surface area contributed by atoms with Gasteiger partial charge in [-0.05, 0) is 12.5 Å². The summed E-state index contributed by atoms with van der Waals surface area (Å²) in [6.07, 6.45) is 2.56. The zero-order chi connectivity index (χ0) is 13.0. The highest BCUT2D eigenvalue weighted by molar-refractivity contribution is 6.05. The van der Waals surface area contributed by atoms with Crippen LogP contribution in [0.15, 0.2) is 24.4 Å². The van der Waals surface area contributed by atoms with E-state index in [-0.39, 0.29) is 12.5 Å². The summed E-state index contributed by atoms with van der Waals surface area (Å²) in [6, 6.07) is 5.53. The maximum Gasteiger partial charge on any atom is 0.256 e. The standard InChI is InChI=1S/C13H17N3O2/c1-2-6-16(7-8-17)13(18)11-5-3-4-10-9-14-15-12(10)11/h3-5,9,17H,2,6-8H2,1H3,(H,14,15). The van der Waals surface area contributed by atoms with Crippen molar-refractivity contribution in [2.75, 3.05) is 19.7 Å². The number of nitrogens with zero attached hydrogens (tertiary/aromatic N) is 2. The minimum absolute atomic E-state index is 0.0231. The summed E-state index contributed by atoms with van der Waals surface area (Å²) in [5.74, 6) is -0.0687. The Balaban J connectivity index is 2.34. The molecular weight excluding hydrogens is 230 g/mol. The van der Waals surface area contributed by atoms with Gasteiger partial charge in [0.05, 0.1) is 23.9 Å². The highest BCUT2D eigenvalue weighted by Crippen LogP contribution is 2.17. The zero-order valence-electron chi connectivity index (χ0n) is 10.4. The molecule has 0 atom stereocenters. The lowest BCUT2D eigenvalue weighted by Gasteiger charge is -2.21. The van der Waals surface area contributed by atoms with E-state index in [1.807, 2.05) is 19.1 Å². The molecule has 2 aromatic rings. The van der Waals surface area contributed by atoms with Gasteiger partial charge in [-0.25, -0.2) is 0 Å². The van der Waals surface area contributed by atoms with Crippen molar-refractivity contribution in [2.45, 2.75) is 13.3 Å². The summed E-state index contributed by atoms with van der Waals surface area (Å²) in [5.41, 5.74) is 1.36. The third kappa shape index (κ3) is 2.36. The molecule has 0 saturated heterocycles. The van der Waals surface area contributed by atoms with Gasteiger partial charge in [0, 0.05) is 18.5 Å². The second-order valence-corrected chi connectivity index (χ2v) is 4.16. The van der Waals surface area contributed by atoms with Crippen LogP contribution in [-0.2, 0) is 0 Å². The minimum atomic E-state index is -0.0687. The summed E-state index contributed by atoms with van der Waals surface area (Å²) < 4.78 is 0. The van der Waals surface area contributed by atoms with Crippen LogP contribution in [0.5, 0.6) is 0 Å². The summed E-state index contributed by atoms with van der Waals surface area (Å²) in [7, 11) is 0. The molecular formula is C13H17N3O2. The first kappa shape index (κ1) is 12.6. The van der Waals surface area contributed by atoms with Gasteiger partial charge in [0.25, 0.3) is 5.91 Å². The van der Waals surface area contributed by atoms with Crippen molar-refractivity contribution >= 4 is 16.8 Å². The molecule has 0 fully saturated rings. The second-order valence-electron chi connectivity index (χ2n) is 4.16. The maximum absolute atomic E-state index is 12.4. The number of hydrogen-bond donors (Lipinski definition) is 2. The van der Waals surface area contributed by atoms with Crippen LogP contribution in [-0.4, -0.2) is 45.8 Å². The molecule has 0 spiro atoms. The molecule has 0 aliphatic rings. The van der Waals surface area contributed by atoms with Crippen LogP contribution >= 0.6 is 0 Å². The molecule has 0 saturated carbocycles. The lowest BCUT2D eigenvalue weighted by Crippen LogP contribution is -2.34. The van der Waals surface area contributed by atoms with E-state index < -0.39 is 0 Å². The largest absolute Gasteiger partial charge is 0.395 e. The van der Waals surface area contributed by atoms with E-state index in [0.717, 1.165) is 17.3 Å². The number of benzene rings is 1. The smallest absolute Gasteiger partial charge is 0.256 e. The van der Waals surface area contributed by atoms with Crippen molar-refractivity contribution in [3.8, 4) is 0 Å². The van der Waals surface area contributed by atoms with Crippen molar-refractivity contribution in [3.05, 3.63) is 30.0 Å². The first-order valence-corrected chi connectivity index (χ1v) is 6.10. The SMILES string of the molecule is CCCN(CCO)C(=O)c1cccc2cn[nH]c12. The van der Waals surface area contributed by atoms with Crippen LogP contribution < -0.4 is 0 Å². The Hall–Kier alpha value is -1.88. The maximum atomic E-state index is 12.4. The number of amides is 1. The van der Waals surface area contributed by atoms with Gasteiger partial charge in [0.1, 0.15) is 0 Å². The number of aromatic amines is 1. The van der Waals surface area contributed by atoms with Crippen molar-refractivity contribution < 1.29 is 9.90 Å². The van der Waals surface area contributed by atoms with Gasteiger partial charge < -0.3 is 10.0 Å². The molecule has 0 aliphatic heterocycles. The second kappa shape index (κ2) is 5.64. The number of aliphatic hydroxyl groups excluding tert-OH is 1. The van der Waals surface area contributed by atoms with Crippen LogP contribution in [0, 0.1) is 0 Å². The van der Waals surface area contributed by atoms with E-state index >= 15 is 0 Å². The Morgan fingerprint density at radius 1 is 1.44 bits per heavy atom. The van der Waals surface area contributed by atoms with Crippen LogP contribution in [0.4, 0.5) is 0 Å². The summed E-state index contributed by atoms with van der Waals surface area (Å²) in [6.45, 7) is 2.99. The Labute approximate surface area is 105 Å². The normalized spacial score (nSPS) is 10.8. The third-order valence-electron chi connectivity index (χ3n) is 2.86. The number of nitrogens with one attached hydrogen (secondary N) is 1. The summed E-state index contributed by atoms with van der Waals surface area (Å²) >= 11 is 0. The van der Waals surface area contributed by atoms with Crippen molar-refractivity contribution in [1.29, 1.82) is 0 Å². The fourth-order valence-electron chi connectivity index (χ4n) is 2.02. The van der Waals surface area contributed by atoms with Gasteiger partial charge in [-0.15, -0.1) is 0 Å². The summed E-state index contributed by atoms with van der Waals surface area (Å²) in [4.78, 5) is 14.1. The average Bonchev–Trinajstić information content (AvgIpc) is 2.85. The molecule has 5 heteroatoms. The van der Waals surface area contributed by atoms with Gasteiger partial charge in [0.15, 0.2) is 0 Å². The van der Waals surface area contributed by atoms with Crippen LogP contribution in [0.25, 0.3) is 10.9 Å². The molecule has 2 N–H and O–H groups in total. The van der Waals surface area contributed by atoms with Crippen LogP contribution in [0.2, 0.25) is 0 Å². The van der Waals surface area contributed by atoms with E-state index in [9.17, 15) is 4.79 Å². The molecule has 18 heavy (non-hydrogen) atoms. The third-order valence-corrected chi connectivity index (χ3v) is 2.86. The van der Waals surface area contributed by atoms with Crippen LogP contribution in [0.3, 0.4) is 0 Å². The fraction of sp³-hybridized carbons (Fsp3) is 0.385. The Morgan fingerprint density at radius 3 is 3.00 bits per heavy atom. The van der Waals surface area contributed by atoms with Gasteiger partial charge in [-0.2, -0.15) is 5.10 Å². The topological polar surface area (TPSA) is 69.2 Å². The quantitative estimate of drug-likeness (QED) is 0.839. The van der Waals surface area contributed by atoms with Gasteiger partial charge >= 0.3 is 0 Å². The molecule has 0 bridgehead atoms. The van der Waals surface area contributed by atoms with Gasteiger partial charge in [-0.3, -0.25) is 9.89 Å². The molecule has 0 radical (unpaired) electrons. The average molecular weight is 247 g/mol. The number of carbonyl (C=O) groups excluding carboxylic acids is 1. The molecule has 2 rings (SSSR count). The van der Waals surface area contributed by atoms with Crippen molar-refractivity contribution in [1.82, 2.24) is 15.1 Å². The van der Waals surface area contributed by atoms with Gasteiger partial charge in [0.2, 0.25) is 0 Å². The van der Waals surface area contributed by atoms with E-state index in [1.54, 1.807) is 17.2 Å². The number of H-pyrrole nitrogens is 1. The van der Waals surface area contributed by atoms with E-state index in [1.165, 1.54) is 0 Å². The Kier molecular flexibility index (Phi) is 3.94. The Bertz CT molecular complexity index is 530. The molecule has 0 aliphatic carbocycles. The molecule has 0 unspecified atom stereocenters. The predicted octanol–water partition coefficient (Wildman–Crippen LogP) is 1.41. The van der Waals surface area contributed by atoms with Crippen molar-refractivity contribution in [3.63, 3.8) is 0 Å². The zero-order valence-corrected chi connectivity index (χ0v) is 10.4. The molecule has 5 nitrogen and oxygen atoms in total. The number of hydrogen-bond acceptors (Lipinski definition) is 3. The number of aromatic nitrogens is 2. The predicted molar refractivity (Wildman–Crippen MR) is 69.4 cm³/mol. The Morgan fingerprint density at radius 2 is 2.28 bits per heavy atom. The lowest BCUT2D eigenvalue weighted by atomic mass is 10.1. The molecule has 1 aromatic carbocycles. The monoisotopic (exact) mass is 247 g/mol. The molecule has 1 heterocycles. The molecule has 1 aromatic heterocycles. The highest BCUT2D eigenvalue weighted by Gasteiger charge is 2.17. The van der Waals surface area contributed by atoms with E-state index in [4.69, 9.17) is 5.11 Å². The number of fused-ring (bicyclic) bond motifs is 1. The highest BCUT2D eigenvalue weighted by atomic mass is 16.3. The van der Waals surface area contributed by atoms with E-state index in [2.05, 4.69) is 10.2 Å². The number of carbonyl (C=O) groups is 1. The first-order valence-electron chi connectivity index (χ1n) is 6.10. The lowest BCUT2D eigenvalue weighted by molar-refractivity contribution is 0.0723. The van der Waals surface area contributed by atoms with Crippen molar-refractivity contribution in [2.24, 2.45) is 0 Å². The van der Waals surface area contributed by atoms with Crippen LogP contribution in [0.1, 0.15) is 23.7 Å². The number of aliphatic hydroxyl groups is 1. The number of para-hydroxylation sites is 1. The van der Waals surface area contributed by atoms with Gasteiger partial charge in [-0.1, -0.05) is 19.1 Å². The number of rotatable bonds is 5. The summed E-state index contributed by atoms with van der Waals surface area (Å²) in [5, 5.41) is 16.7. The first-order chi connectivity index (χ1) is 8.77. The minimum Gasteiger partial charge on any atom is -0.395 e.